The van der Waals surface area contributed by atoms with E-state index in [0.29, 0.717) is 5.69 Å². The van der Waals surface area contributed by atoms with E-state index in [1.54, 1.807) is 21.5 Å². The van der Waals surface area contributed by atoms with Crippen molar-refractivity contribution in [3.63, 3.8) is 0 Å². The van der Waals surface area contributed by atoms with Crippen LogP contribution in [0.1, 0.15) is 39.8 Å². The van der Waals surface area contributed by atoms with E-state index in [1.807, 2.05) is 18.2 Å². The lowest BCUT2D eigenvalue weighted by Crippen LogP contribution is -2.65. The molecule has 1 aromatic heterocycles. The third kappa shape index (κ3) is 1.28. The van der Waals surface area contributed by atoms with Crippen LogP contribution in [0.2, 0.25) is 0 Å². The fourth-order valence-corrected chi connectivity index (χ4v) is 5.58. The summed E-state index contributed by atoms with van der Waals surface area (Å²) in [4.78, 5) is 26.4. The van der Waals surface area contributed by atoms with E-state index in [1.165, 1.54) is 15.7 Å². The number of nitrogens with zero attached hydrogens (tertiary/aromatic N) is 3. The van der Waals surface area contributed by atoms with Gasteiger partial charge in [0, 0.05) is 10.8 Å². The van der Waals surface area contributed by atoms with E-state index in [2.05, 4.69) is 39.8 Å². The van der Waals surface area contributed by atoms with Crippen molar-refractivity contribution < 1.29 is 0 Å². The van der Waals surface area contributed by atoms with Gasteiger partial charge in [-0.3, -0.25) is 0 Å². The van der Waals surface area contributed by atoms with Crippen LogP contribution in [0.3, 0.4) is 0 Å². The maximum Gasteiger partial charge on any atom is 0.352 e. The van der Waals surface area contributed by atoms with Crippen molar-refractivity contribution in [1.29, 1.82) is 0 Å². The van der Waals surface area contributed by atoms with Gasteiger partial charge < -0.3 is 0 Å². The molecule has 0 fully saturated rings. The van der Waals surface area contributed by atoms with Gasteiger partial charge in [0.15, 0.2) is 0 Å². The third-order valence-corrected chi connectivity index (χ3v) is 7.41. The first kappa shape index (κ1) is 14.8. The summed E-state index contributed by atoms with van der Waals surface area (Å²) in [7, 11) is 0. The van der Waals surface area contributed by atoms with E-state index in [4.69, 9.17) is 0 Å². The molecule has 0 spiro atoms. The Morgan fingerprint density at radius 1 is 0.800 bits per heavy atom. The Balaban J connectivity index is 1.85. The lowest BCUT2D eigenvalue weighted by Gasteiger charge is -2.67. The molecule has 0 amide bonds. The molecule has 128 valence electrons. The Bertz CT molecular complexity index is 1030. The highest BCUT2D eigenvalue weighted by Crippen LogP contribution is 2.72. The summed E-state index contributed by atoms with van der Waals surface area (Å²) in [5.74, 6) is 0. The number of allylic oxidation sites excluding steroid dienone is 4. The molecule has 25 heavy (non-hydrogen) atoms. The summed E-state index contributed by atoms with van der Waals surface area (Å²) < 4.78 is 4.66. The van der Waals surface area contributed by atoms with Crippen molar-refractivity contribution in [3.8, 4) is 5.69 Å². The van der Waals surface area contributed by atoms with Crippen molar-refractivity contribution in [3.05, 3.63) is 74.6 Å². The van der Waals surface area contributed by atoms with E-state index in [0.717, 1.165) is 0 Å². The van der Waals surface area contributed by atoms with Crippen LogP contribution in [-0.2, 0) is 0 Å². The SMILES string of the molecule is CC1=C(C)[C@]2(C)[C@H]3C=C[C@@H](n4c(=O)n(-c5ccccc5)c(=O)n43)[C@@]12C. The molecule has 2 aromatic rings. The van der Waals surface area contributed by atoms with Crippen molar-refractivity contribution in [2.75, 3.05) is 0 Å². The monoisotopic (exact) mass is 335 g/mol. The molecule has 2 aliphatic heterocycles. The summed E-state index contributed by atoms with van der Waals surface area (Å²) in [5.41, 5.74) is 2.54. The molecular weight excluding hydrogens is 314 g/mol. The van der Waals surface area contributed by atoms with Crippen LogP contribution < -0.4 is 11.4 Å². The number of hydrogen-bond acceptors (Lipinski definition) is 2. The van der Waals surface area contributed by atoms with Crippen LogP contribution in [0.4, 0.5) is 0 Å². The number of aromatic nitrogens is 3. The van der Waals surface area contributed by atoms with Gasteiger partial charge in [0.1, 0.15) is 0 Å². The third-order valence-electron chi connectivity index (χ3n) is 7.41. The first-order valence-electron chi connectivity index (χ1n) is 8.73. The van der Waals surface area contributed by atoms with E-state index in [9.17, 15) is 9.59 Å². The molecule has 0 saturated heterocycles. The van der Waals surface area contributed by atoms with E-state index >= 15 is 0 Å². The van der Waals surface area contributed by atoms with Gasteiger partial charge in [-0.15, -0.1) is 0 Å². The van der Waals surface area contributed by atoms with Crippen LogP contribution in [0.25, 0.3) is 5.69 Å². The Morgan fingerprint density at radius 2 is 1.24 bits per heavy atom. The summed E-state index contributed by atoms with van der Waals surface area (Å²) >= 11 is 0. The predicted molar refractivity (Wildman–Crippen MR) is 96.1 cm³/mol. The molecule has 2 aliphatic carbocycles. The molecule has 0 radical (unpaired) electrons. The minimum atomic E-state index is -0.254. The zero-order valence-electron chi connectivity index (χ0n) is 14.9. The number of benzene rings is 1. The zero-order valence-corrected chi connectivity index (χ0v) is 14.9. The molecule has 2 bridgehead atoms. The van der Waals surface area contributed by atoms with Crippen LogP contribution >= 0.6 is 0 Å². The average Bonchev–Trinajstić information content (AvgIpc) is 2.90. The molecule has 3 heterocycles. The van der Waals surface area contributed by atoms with Crippen LogP contribution in [0, 0.1) is 10.8 Å². The minimum Gasteiger partial charge on any atom is -0.245 e. The number of hydrogen-bond donors (Lipinski definition) is 0. The van der Waals surface area contributed by atoms with Gasteiger partial charge in [-0.25, -0.2) is 23.5 Å². The molecular formula is C20H21N3O2. The van der Waals surface area contributed by atoms with E-state index < -0.39 is 0 Å². The summed E-state index contributed by atoms with van der Waals surface area (Å²) in [6, 6.07) is 8.92. The smallest absolute Gasteiger partial charge is 0.245 e. The van der Waals surface area contributed by atoms with Crippen LogP contribution in [-0.4, -0.2) is 13.9 Å². The Hall–Kier alpha value is -2.56. The number of para-hydroxylation sites is 1. The Morgan fingerprint density at radius 3 is 1.68 bits per heavy atom. The summed E-state index contributed by atoms with van der Waals surface area (Å²) in [5, 5.41) is 0. The second-order valence-corrected chi connectivity index (χ2v) is 7.85. The fraction of sp³-hybridized carbons (Fsp3) is 0.400. The van der Waals surface area contributed by atoms with Crippen molar-refractivity contribution in [2.24, 2.45) is 10.8 Å². The van der Waals surface area contributed by atoms with Gasteiger partial charge >= 0.3 is 11.4 Å². The summed E-state index contributed by atoms with van der Waals surface area (Å²) in [6.07, 6.45) is 4.22. The van der Waals surface area contributed by atoms with Crippen molar-refractivity contribution in [1.82, 2.24) is 13.9 Å². The maximum atomic E-state index is 13.2. The predicted octanol–water partition coefficient (Wildman–Crippen LogP) is 2.83. The van der Waals surface area contributed by atoms with Gasteiger partial charge in [0.25, 0.3) is 0 Å². The minimum absolute atomic E-state index is 0.128. The first-order chi connectivity index (χ1) is 11.8. The zero-order chi connectivity index (χ0) is 17.7. The van der Waals surface area contributed by atoms with Gasteiger partial charge in [-0.2, -0.15) is 0 Å². The standard InChI is InChI=1S/C20H21N3O2/c1-12-13(2)20(4)16-11-10-15(19(12,20)3)22-17(24)21(18(25)23(16)22)14-8-6-5-7-9-14/h5-11,15-16H,1-4H3/t15-,16-,19-,20-/m1/s1. The molecule has 4 atom stereocenters. The average molecular weight is 335 g/mol. The van der Waals surface area contributed by atoms with Crippen LogP contribution in [0.15, 0.2) is 63.2 Å². The summed E-state index contributed by atoms with van der Waals surface area (Å²) in [6.45, 7) is 8.79. The topological polar surface area (TPSA) is 48.9 Å². The molecule has 0 saturated carbocycles. The second kappa shape index (κ2) is 4.15. The van der Waals surface area contributed by atoms with Crippen LogP contribution in [0.5, 0.6) is 0 Å². The van der Waals surface area contributed by atoms with Gasteiger partial charge in [-0.05, 0) is 26.0 Å². The first-order valence-corrected chi connectivity index (χ1v) is 8.73. The Labute approximate surface area is 145 Å². The highest BCUT2D eigenvalue weighted by Gasteiger charge is 2.68. The van der Waals surface area contributed by atoms with E-state index in [-0.39, 0.29) is 34.3 Å². The highest BCUT2D eigenvalue weighted by molar-refractivity contribution is 5.49. The van der Waals surface area contributed by atoms with Gasteiger partial charge in [-0.1, -0.05) is 55.3 Å². The van der Waals surface area contributed by atoms with Crippen molar-refractivity contribution >= 4 is 0 Å². The molecule has 4 aliphatic rings. The number of rotatable bonds is 1. The quantitative estimate of drug-likeness (QED) is 0.753. The fourth-order valence-electron chi connectivity index (χ4n) is 5.58. The van der Waals surface area contributed by atoms with Gasteiger partial charge in [0.05, 0.1) is 17.8 Å². The molecule has 5 heteroatoms. The largest absolute Gasteiger partial charge is 0.352 e. The lowest BCUT2D eigenvalue weighted by atomic mass is 9.41. The highest BCUT2D eigenvalue weighted by atomic mass is 16.2. The van der Waals surface area contributed by atoms with Gasteiger partial charge in [0.2, 0.25) is 0 Å². The Kier molecular flexibility index (Phi) is 2.45. The van der Waals surface area contributed by atoms with Crippen molar-refractivity contribution in [2.45, 2.75) is 39.8 Å². The lowest BCUT2D eigenvalue weighted by molar-refractivity contribution is -0.0483. The molecule has 5 nitrogen and oxygen atoms in total. The molecule has 0 N–H and O–H groups in total. The second-order valence-electron chi connectivity index (χ2n) is 7.85. The maximum absolute atomic E-state index is 13.2. The molecule has 0 unspecified atom stereocenters. The normalized spacial score (nSPS) is 34.7. The molecule has 1 aromatic carbocycles. The molecule has 6 rings (SSSR count).